The van der Waals surface area contributed by atoms with Crippen molar-refractivity contribution >= 4 is 47.3 Å². The normalized spacial score (nSPS) is 11.5. The number of aliphatic imine (C=N–C) groups is 4. The summed E-state index contributed by atoms with van der Waals surface area (Å²) in [5, 5.41) is 0.212. The van der Waals surface area contributed by atoms with Gasteiger partial charge in [0.1, 0.15) is 12.1 Å². The highest BCUT2D eigenvalue weighted by molar-refractivity contribution is 6.31. The van der Waals surface area contributed by atoms with Crippen LogP contribution in [0.15, 0.2) is 86.7 Å². The largest absolute Gasteiger partial charge is 0.240 e. The number of isocyanates is 4. The van der Waals surface area contributed by atoms with Gasteiger partial charge in [-0.05, 0) is 23.8 Å². The zero-order valence-corrected chi connectivity index (χ0v) is 17.6. The summed E-state index contributed by atoms with van der Waals surface area (Å²) < 4.78 is 0. The Morgan fingerprint density at radius 1 is 0.576 bits per heavy atom. The number of benzene rings is 3. The predicted octanol–water partition coefficient (Wildman–Crippen LogP) is 5.13. The Morgan fingerprint density at radius 2 is 1.06 bits per heavy atom. The van der Waals surface area contributed by atoms with Gasteiger partial charge in [0.2, 0.25) is 24.3 Å². The first-order valence-electron chi connectivity index (χ1n) is 9.42. The van der Waals surface area contributed by atoms with Crippen molar-refractivity contribution in [3.63, 3.8) is 0 Å². The fourth-order valence-electron chi connectivity index (χ4n) is 3.52. The molecule has 2 atom stereocenters. The van der Waals surface area contributed by atoms with Gasteiger partial charge in [-0.2, -0.15) is 20.0 Å². The smallest absolute Gasteiger partial charge is 0.211 e. The first-order chi connectivity index (χ1) is 16.2. The number of nitrogens with zero attached hydrogens (tertiary/aromatic N) is 4. The van der Waals surface area contributed by atoms with E-state index < -0.39 is 12.1 Å². The molecule has 0 fully saturated rings. The van der Waals surface area contributed by atoms with Gasteiger partial charge < -0.3 is 0 Å². The summed E-state index contributed by atoms with van der Waals surface area (Å²) in [6.07, 6.45) is 6.02. The van der Waals surface area contributed by atoms with Crippen molar-refractivity contribution in [1.82, 2.24) is 0 Å². The highest BCUT2D eigenvalue weighted by Crippen LogP contribution is 2.43. The van der Waals surface area contributed by atoms with Crippen molar-refractivity contribution in [2.24, 2.45) is 20.0 Å². The summed E-state index contributed by atoms with van der Waals surface area (Å²) in [6, 6.07) is 15.9. The van der Waals surface area contributed by atoms with Crippen LogP contribution in [0.2, 0.25) is 5.02 Å². The average molecular weight is 457 g/mol. The molecule has 0 N–H and O–H groups in total. The second-order valence-electron chi connectivity index (χ2n) is 6.51. The molecule has 160 valence electrons. The molecule has 2 unspecified atom stereocenters. The van der Waals surface area contributed by atoms with Crippen LogP contribution in [0.5, 0.6) is 0 Å². The van der Waals surface area contributed by atoms with E-state index in [1.165, 1.54) is 24.3 Å². The highest BCUT2D eigenvalue weighted by Gasteiger charge is 2.28. The molecular formula is C24H13ClN4O4. The number of halogens is 1. The van der Waals surface area contributed by atoms with Crippen molar-refractivity contribution in [3.8, 4) is 0 Å². The Bertz CT molecular complexity index is 1380. The maximum Gasteiger partial charge on any atom is 0.240 e. The van der Waals surface area contributed by atoms with Crippen molar-refractivity contribution in [3.05, 3.63) is 94.0 Å². The van der Waals surface area contributed by atoms with Crippen molar-refractivity contribution in [2.45, 2.75) is 12.1 Å². The topological polar surface area (TPSA) is 118 Å². The lowest BCUT2D eigenvalue weighted by Gasteiger charge is -2.22. The number of rotatable bonds is 8. The lowest BCUT2D eigenvalue weighted by Crippen LogP contribution is -2.08. The summed E-state index contributed by atoms with van der Waals surface area (Å²) in [4.78, 5) is 59.8. The van der Waals surface area contributed by atoms with E-state index >= 15 is 0 Å². The molecule has 0 heterocycles. The van der Waals surface area contributed by atoms with Gasteiger partial charge in [0.15, 0.2) is 0 Å². The second kappa shape index (κ2) is 11.2. The maximum atomic E-state index is 11.4. The molecule has 0 bridgehead atoms. The fourth-order valence-corrected chi connectivity index (χ4v) is 3.81. The van der Waals surface area contributed by atoms with E-state index in [1.54, 1.807) is 66.7 Å². The van der Waals surface area contributed by atoms with E-state index in [2.05, 4.69) is 20.0 Å². The minimum absolute atomic E-state index is 0.212. The van der Waals surface area contributed by atoms with Crippen LogP contribution in [0, 0.1) is 0 Å². The molecular weight excluding hydrogens is 444 g/mol. The first kappa shape index (κ1) is 23.1. The molecule has 0 saturated carbocycles. The summed E-state index contributed by atoms with van der Waals surface area (Å²) in [7, 11) is 0. The zero-order chi connectivity index (χ0) is 23.6. The van der Waals surface area contributed by atoms with E-state index in [-0.39, 0.29) is 16.4 Å². The molecule has 0 aliphatic heterocycles. The molecule has 9 heteroatoms. The van der Waals surface area contributed by atoms with Crippen LogP contribution in [0.3, 0.4) is 0 Å². The molecule has 3 rings (SSSR count). The van der Waals surface area contributed by atoms with Gasteiger partial charge in [-0.1, -0.05) is 60.1 Å². The van der Waals surface area contributed by atoms with Gasteiger partial charge in [0.05, 0.1) is 11.4 Å². The lowest BCUT2D eigenvalue weighted by molar-refractivity contribution is 0.558. The molecule has 0 radical (unpaired) electrons. The Kier molecular flexibility index (Phi) is 7.85. The van der Waals surface area contributed by atoms with E-state index in [1.807, 2.05) is 0 Å². The monoisotopic (exact) mass is 456 g/mol. The van der Waals surface area contributed by atoms with Gasteiger partial charge in [-0.15, -0.1) is 0 Å². The molecule has 3 aromatic carbocycles. The molecule has 0 aliphatic rings. The Balaban J connectivity index is 2.36. The third-order valence-corrected chi connectivity index (χ3v) is 5.14. The highest BCUT2D eigenvalue weighted by atomic mass is 35.5. The number of carbonyl (C=O) groups excluding carboxylic acids is 4. The van der Waals surface area contributed by atoms with Gasteiger partial charge in [-0.25, -0.2) is 19.2 Å². The number of hydrogen-bond acceptors (Lipinski definition) is 8. The maximum absolute atomic E-state index is 11.4. The first-order valence-corrected chi connectivity index (χ1v) is 9.79. The third-order valence-electron chi connectivity index (χ3n) is 4.81. The second-order valence-corrected chi connectivity index (χ2v) is 6.92. The molecule has 0 saturated heterocycles. The van der Waals surface area contributed by atoms with E-state index in [4.69, 9.17) is 11.6 Å². The predicted molar refractivity (Wildman–Crippen MR) is 120 cm³/mol. The molecule has 0 spiro atoms. The van der Waals surface area contributed by atoms with Crippen LogP contribution in [-0.4, -0.2) is 24.3 Å². The molecule has 8 nitrogen and oxygen atoms in total. The SMILES string of the molecule is O=C=Nc1ccccc1C(N=C=O)c1cccc(Cl)c1C(N=C=O)c1ccccc1N=C=O. The van der Waals surface area contributed by atoms with Crippen molar-refractivity contribution in [1.29, 1.82) is 0 Å². The quantitative estimate of drug-likeness (QED) is 0.345. The molecule has 3 aromatic rings. The van der Waals surface area contributed by atoms with Gasteiger partial charge in [0.25, 0.3) is 0 Å². The van der Waals surface area contributed by atoms with E-state index in [0.29, 0.717) is 22.3 Å². The minimum atomic E-state index is -1.04. The molecule has 33 heavy (non-hydrogen) atoms. The van der Waals surface area contributed by atoms with Gasteiger partial charge >= 0.3 is 0 Å². The summed E-state index contributed by atoms with van der Waals surface area (Å²) in [5.74, 6) is 0. The van der Waals surface area contributed by atoms with Crippen molar-refractivity contribution < 1.29 is 19.2 Å². The Hall–Kier alpha value is -4.53. The number of para-hydroxylation sites is 2. The van der Waals surface area contributed by atoms with Crippen LogP contribution >= 0.6 is 11.6 Å². The van der Waals surface area contributed by atoms with E-state index in [0.717, 1.165) is 0 Å². The van der Waals surface area contributed by atoms with Gasteiger partial charge in [-0.3, -0.25) is 0 Å². The third kappa shape index (κ3) is 5.04. The van der Waals surface area contributed by atoms with Crippen LogP contribution in [0.25, 0.3) is 0 Å². The lowest BCUT2D eigenvalue weighted by atomic mass is 9.87. The average Bonchev–Trinajstić information content (AvgIpc) is 2.83. The minimum Gasteiger partial charge on any atom is -0.211 e. The van der Waals surface area contributed by atoms with Crippen LogP contribution in [0.1, 0.15) is 34.3 Å². The summed E-state index contributed by atoms with van der Waals surface area (Å²) in [6.45, 7) is 0. The van der Waals surface area contributed by atoms with Gasteiger partial charge in [0, 0.05) is 21.7 Å². The van der Waals surface area contributed by atoms with Crippen molar-refractivity contribution in [2.75, 3.05) is 0 Å². The fraction of sp³-hybridized carbons (Fsp3) is 0.0833. The zero-order valence-electron chi connectivity index (χ0n) is 16.8. The Morgan fingerprint density at radius 3 is 1.61 bits per heavy atom. The molecule has 0 aliphatic carbocycles. The molecule has 0 aromatic heterocycles. The summed E-state index contributed by atoms with van der Waals surface area (Å²) >= 11 is 6.55. The standard InChI is InChI=1S/C24H13ClN4O4/c25-19-9-5-8-18(23(28-14-32)16-6-1-3-10-20(16)26-12-30)22(19)24(29-15-33)17-7-2-4-11-21(17)27-13-31/h1-11,23-24H. The Labute approximate surface area is 192 Å². The molecule has 0 amide bonds. The summed E-state index contributed by atoms with van der Waals surface area (Å²) in [5.41, 5.74) is 1.97. The van der Waals surface area contributed by atoms with Crippen LogP contribution < -0.4 is 0 Å². The van der Waals surface area contributed by atoms with Crippen LogP contribution in [0.4, 0.5) is 11.4 Å². The van der Waals surface area contributed by atoms with E-state index in [9.17, 15) is 19.2 Å². The number of hydrogen-bond donors (Lipinski definition) is 0. The van der Waals surface area contributed by atoms with Crippen LogP contribution in [-0.2, 0) is 19.2 Å².